The average molecular weight is 602 g/mol. The molecule has 0 saturated carbocycles. The van der Waals surface area contributed by atoms with E-state index in [1.807, 2.05) is 66.7 Å². The van der Waals surface area contributed by atoms with Crippen LogP contribution in [0.2, 0.25) is 0 Å². The van der Waals surface area contributed by atoms with Crippen molar-refractivity contribution in [2.24, 2.45) is 4.99 Å². The van der Waals surface area contributed by atoms with Gasteiger partial charge in [0, 0.05) is 34.3 Å². The van der Waals surface area contributed by atoms with E-state index >= 15 is 0 Å². The molecule has 0 spiro atoms. The van der Waals surface area contributed by atoms with Crippen molar-refractivity contribution in [2.75, 3.05) is 6.61 Å². The molecule has 3 aromatic carbocycles. The third-order valence-corrected chi connectivity index (χ3v) is 9.14. The summed E-state index contributed by atoms with van der Waals surface area (Å²) in [5.74, 6) is -0.136. The summed E-state index contributed by atoms with van der Waals surface area (Å²) in [7, 11) is 0. The number of hydrogen-bond donors (Lipinski definition) is 0. The van der Waals surface area contributed by atoms with Gasteiger partial charge >= 0.3 is 5.97 Å². The normalized spacial score (nSPS) is 15.0. The Bertz CT molecular complexity index is 2100. The second-order valence-corrected chi connectivity index (χ2v) is 12.2. The molecular formula is C37H35N3O3S. The Labute approximate surface area is 260 Å². The highest BCUT2D eigenvalue weighted by Crippen LogP contribution is 2.36. The minimum atomic E-state index is -0.702. The number of benzene rings is 3. The molecule has 0 N–H and O–H groups in total. The van der Waals surface area contributed by atoms with Gasteiger partial charge in [0.2, 0.25) is 0 Å². The Balaban J connectivity index is 1.65. The van der Waals surface area contributed by atoms with Gasteiger partial charge in [0.05, 0.1) is 28.5 Å². The van der Waals surface area contributed by atoms with Crippen LogP contribution in [0.4, 0.5) is 0 Å². The molecule has 6 rings (SSSR count). The van der Waals surface area contributed by atoms with Crippen molar-refractivity contribution >= 4 is 40.0 Å². The van der Waals surface area contributed by atoms with Crippen molar-refractivity contribution in [3.05, 3.63) is 145 Å². The molecule has 0 aliphatic carbocycles. The van der Waals surface area contributed by atoms with E-state index in [1.54, 1.807) is 11.5 Å². The summed E-state index contributed by atoms with van der Waals surface area (Å²) >= 11 is 1.34. The quantitative estimate of drug-likeness (QED) is 0.151. The van der Waals surface area contributed by atoms with Crippen molar-refractivity contribution < 1.29 is 9.53 Å². The van der Waals surface area contributed by atoms with E-state index in [-0.39, 0.29) is 12.2 Å². The van der Waals surface area contributed by atoms with Crippen LogP contribution < -0.4 is 14.9 Å². The van der Waals surface area contributed by atoms with Crippen molar-refractivity contribution in [3.8, 4) is 0 Å². The Morgan fingerprint density at radius 1 is 1.05 bits per heavy atom. The molecule has 1 aliphatic rings. The number of hydrogen-bond acceptors (Lipinski definition) is 5. The summed E-state index contributed by atoms with van der Waals surface area (Å²) in [4.78, 5) is 33.7. The zero-order chi connectivity index (χ0) is 31.0. The number of fused-ring (bicyclic) bond motifs is 2. The molecule has 3 heterocycles. The summed E-state index contributed by atoms with van der Waals surface area (Å²) < 4.78 is 10.0. The lowest BCUT2D eigenvalue weighted by molar-refractivity contribution is -0.138. The number of carbonyl (C=O) groups excluding carboxylic acids is 1. The molecular weight excluding hydrogens is 566 g/mol. The standard InChI is InChI=1S/C37H35N3O3S/c1-6-21-39-24(5)29(28-15-11-12-16-30(28)39)22-31-35(41)40-34(27-19-17-25(18-20-27)23(3)4)32(36(42)43-7-2)33(38-37(40)44-31)26-13-9-8-10-14-26/h6,8-20,22-23,34H,1,7,21H2,2-5H3/b31-22+. The first-order chi connectivity index (χ1) is 21.3. The minimum Gasteiger partial charge on any atom is -0.463 e. The fraction of sp³-hybridized carbons (Fsp3) is 0.216. The number of ether oxygens (including phenoxy) is 1. The zero-order valence-electron chi connectivity index (χ0n) is 25.4. The number of thiazole rings is 1. The fourth-order valence-electron chi connectivity index (χ4n) is 5.95. The third-order valence-electron chi connectivity index (χ3n) is 8.16. The molecule has 5 aromatic rings. The van der Waals surface area contributed by atoms with E-state index in [9.17, 15) is 9.59 Å². The number of nitrogens with zero attached hydrogens (tertiary/aromatic N) is 3. The summed E-state index contributed by atoms with van der Waals surface area (Å²) in [6.07, 6.45) is 3.85. The van der Waals surface area contributed by atoms with Gasteiger partial charge in [0.15, 0.2) is 4.80 Å². The van der Waals surface area contributed by atoms with E-state index in [1.165, 1.54) is 16.9 Å². The first-order valence-electron chi connectivity index (χ1n) is 14.9. The zero-order valence-corrected chi connectivity index (χ0v) is 26.2. The molecule has 0 radical (unpaired) electrons. The van der Waals surface area contributed by atoms with Crippen LogP contribution in [0.25, 0.3) is 22.7 Å². The molecule has 0 fully saturated rings. The van der Waals surface area contributed by atoms with E-state index < -0.39 is 12.0 Å². The van der Waals surface area contributed by atoms with Gasteiger partial charge < -0.3 is 9.30 Å². The molecule has 0 amide bonds. The van der Waals surface area contributed by atoms with Crippen molar-refractivity contribution in [2.45, 2.75) is 46.2 Å². The molecule has 222 valence electrons. The Morgan fingerprint density at radius 3 is 2.43 bits per heavy atom. The number of aromatic nitrogens is 2. The van der Waals surface area contributed by atoms with Crippen LogP contribution in [0.3, 0.4) is 0 Å². The van der Waals surface area contributed by atoms with Crippen LogP contribution in [0, 0.1) is 6.92 Å². The van der Waals surface area contributed by atoms with Gasteiger partial charge in [-0.05, 0) is 43.0 Å². The largest absolute Gasteiger partial charge is 0.463 e. The molecule has 1 atom stereocenters. The summed E-state index contributed by atoms with van der Waals surface area (Å²) in [6, 6.07) is 25.3. The van der Waals surface area contributed by atoms with Crippen molar-refractivity contribution in [1.82, 2.24) is 9.13 Å². The van der Waals surface area contributed by atoms with E-state index in [2.05, 4.69) is 56.2 Å². The van der Waals surface area contributed by atoms with Gasteiger partial charge in [0.25, 0.3) is 5.56 Å². The number of rotatable bonds is 8. The second kappa shape index (κ2) is 12.1. The van der Waals surface area contributed by atoms with Crippen molar-refractivity contribution in [3.63, 3.8) is 0 Å². The summed E-state index contributed by atoms with van der Waals surface area (Å²) in [6.45, 7) is 12.9. The second-order valence-electron chi connectivity index (χ2n) is 11.2. The van der Waals surface area contributed by atoms with E-state index in [0.717, 1.165) is 33.3 Å². The highest BCUT2D eigenvalue weighted by molar-refractivity contribution is 7.07. The topological polar surface area (TPSA) is 65.6 Å². The van der Waals surface area contributed by atoms with Gasteiger partial charge in [-0.25, -0.2) is 9.79 Å². The van der Waals surface area contributed by atoms with Crippen molar-refractivity contribution in [1.29, 1.82) is 0 Å². The van der Waals surface area contributed by atoms with Crippen LogP contribution in [-0.2, 0) is 16.1 Å². The van der Waals surface area contributed by atoms with E-state index in [0.29, 0.717) is 33.1 Å². The van der Waals surface area contributed by atoms with Gasteiger partial charge in [-0.2, -0.15) is 0 Å². The minimum absolute atomic E-state index is 0.194. The van der Waals surface area contributed by atoms with Crippen LogP contribution in [0.15, 0.2) is 107 Å². The third kappa shape index (κ3) is 5.07. The average Bonchev–Trinajstić information content (AvgIpc) is 3.49. The lowest BCUT2D eigenvalue weighted by Crippen LogP contribution is -2.40. The van der Waals surface area contributed by atoms with Crippen LogP contribution in [0.5, 0.6) is 0 Å². The maximum atomic E-state index is 14.4. The number of carbonyl (C=O) groups is 1. The molecule has 0 bridgehead atoms. The number of allylic oxidation sites excluding steroid dienone is 1. The monoisotopic (exact) mass is 601 g/mol. The summed E-state index contributed by atoms with van der Waals surface area (Å²) in [5, 5.41) is 1.07. The Kier molecular flexibility index (Phi) is 8.06. The maximum absolute atomic E-state index is 14.4. The Morgan fingerprint density at radius 2 is 1.75 bits per heavy atom. The number of para-hydroxylation sites is 1. The lowest BCUT2D eigenvalue weighted by Gasteiger charge is -2.26. The van der Waals surface area contributed by atoms with Gasteiger partial charge in [-0.15, -0.1) is 6.58 Å². The highest BCUT2D eigenvalue weighted by atomic mass is 32.1. The molecule has 1 aliphatic heterocycles. The van der Waals surface area contributed by atoms with Gasteiger partial charge in [-0.3, -0.25) is 9.36 Å². The van der Waals surface area contributed by atoms with Gasteiger partial charge in [0.1, 0.15) is 0 Å². The number of esters is 1. The molecule has 44 heavy (non-hydrogen) atoms. The predicted molar refractivity (Wildman–Crippen MR) is 178 cm³/mol. The summed E-state index contributed by atoms with van der Waals surface area (Å²) in [5.41, 5.74) is 6.60. The molecule has 0 saturated heterocycles. The van der Waals surface area contributed by atoms with Crippen LogP contribution >= 0.6 is 11.3 Å². The highest BCUT2D eigenvalue weighted by Gasteiger charge is 2.35. The molecule has 1 unspecified atom stereocenters. The molecule has 2 aromatic heterocycles. The first-order valence-corrected chi connectivity index (χ1v) is 15.7. The predicted octanol–water partition coefficient (Wildman–Crippen LogP) is 6.51. The Hall–Kier alpha value is -4.75. The SMILES string of the molecule is C=CCn1c(C)c(/C=c2/sc3n(c2=O)C(c2ccc(C(C)C)cc2)C(C(=O)OCC)=C(c2ccccc2)N=3)c2ccccc21. The maximum Gasteiger partial charge on any atom is 0.338 e. The lowest BCUT2D eigenvalue weighted by atomic mass is 9.91. The molecule has 7 heteroatoms. The fourth-order valence-corrected chi connectivity index (χ4v) is 6.94. The van der Waals surface area contributed by atoms with Crippen LogP contribution in [0.1, 0.15) is 60.7 Å². The van der Waals surface area contributed by atoms with E-state index in [4.69, 9.17) is 9.73 Å². The van der Waals surface area contributed by atoms with Gasteiger partial charge in [-0.1, -0.05) is 104 Å². The van der Waals surface area contributed by atoms with Crippen LogP contribution in [-0.4, -0.2) is 21.7 Å². The smallest absolute Gasteiger partial charge is 0.338 e. The molecule has 6 nitrogen and oxygen atoms in total. The first kappa shape index (κ1) is 29.3.